The lowest BCUT2D eigenvalue weighted by molar-refractivity contribution is 0.256. The summed E-state index contributed by atoms with van der Waals surface area (Å²) in [4.78, 5) is 8.14. The normalized spacial score (nSPS) is 15.0. The number of para-hydroxylation sites is 1. The largest absolute Gasteiger partial charge is 0.488 e. The van der Waals surface area contributed by atoms with Crippen LogP contribution in [0, 0.1) is 0 Å². The molecule has 0 saturated carbocycles. The Hall–Kier alpha value is -3.99. The van der Waals surface area contributed by atoms with Crippen molar-refractivity contribution in [3.8, 4) is 5.75 Å². The van der Waals surface area contributed by atoms with Crippen LogP contribution in [0.4, 0.5) is 17.2 Å². The molecule has 32 heavy (non-hydrogen) atoms. The van der Waals surface area contributed by atoms with E-state index in [9.17, 15) is 0 Å². The third-order valence-corrected chi connectivity index (χ3v) is 6.07. The van der Waals surface area contributed by atoms with Gasteiger partial charge in [0.25, 0.3) is 0 Å². The van der Waals surface area contributed by atoms with Crippen molar-refractivity contribution in [1.29, 1.82) is 0 Å². The van der Waals surface area contributed by atoms with Crippen LogP contribution in [0.5, 0.6) is 5.75 Å². The molecule has 0 amide bonds. The fourth-order valence-electron chi connectivity index (χ4n) is 4.55. The molecule has 0 fully saturated rings. The number of aromatic amines is 1. The number of aromatic nitrogens is 2. The van der Waals surface area contributed by atoms with E-state index in [4.69, 9.17) is 9.72 Å². The number of nitrogens with zero attached hydrogens (tertiary/aromatic N) is 1. The number of benzene rings is 3. The first-order valence-corrected chi connectivity index (χ1v) is 11.0. The van der Waals surface area contributed by atoms with Crippen molar-refractivity contribution >= 4 is 39.0 Å². The monoisotopic (exact) mass is 420 g/mol. The van der Waals surface area contributed by atoms with E-state index in [2.05, 4.69) is 71.1 Å². The lowest BCUT2D eigenvalue weighted by atomic mass is 10.1. The van der Waals surface area contributed by atoms with Crippen LogP contribution < -0.4 is 15.4 Å². The molecule has 0 radical (unpaired) electrons. The van der Waals surface area contributed by atoms with E-state index in [0.717, 1.165) is 52.3 Å². The molecule has 5 heteroatoms. The van der Waals surface area contributed by atoms with Crippen LogP contribution in [0.25, 0.3) is 21.8 Å². The van der Waals surface area contributed by atoms with E-state index in [1.165, 1.54) is 16.5 Å². The molecule has 1 aliphatic rings. The summed E-state index contributed by atoms with van der Waals surface area (Å²) >= 11 is 0. The molecule has 0 bridgehead atoms. The Labute approximate surface area is 186 Å². The molecule has 3 aromatic carbocycles. The van der Waals surface area contributed by atoms with Gasteiger partial charge in [-0.2, -0.15) is 0 Å². The van der Waals surface area contributed by atoms with Crippen LogP contribution in [0.2, 0.25) is 0 Å². The number of hydrogen-bond donors (Lipinski definition) is 3. The fourth-order valence-corrected chi connectivity index (χ4v) is 4.55. The lowest BCUT2D eigenvalue weighted by Gasteiger charge is -2.13. The molecular weight excluding hydrogens is 396 g/mol. The Balaban J connectivity index is 1.27. The maximum Gasteiger partial charge on any atom is 0.146 e. The van der Waals surface area contributed by atoms with E-state index in [0.29, 0.717) is 0 Å². The van der Waals surface area contributed by atoms with Gasteiger partial charge in [0.15, 0.2) is 0 Å². The van der Waals surface area contributed by atoms with Gasteiger partial charge in [0.2, 0.25) is 0 Å². The van der Waals surface area contributed by atoms with Crippen LogP contribution in [0.3, 0.4) is 0 Å². The van der Waals surface area contributed by atoms with Crippen molar-refractivity contribution in [2.45, 2.75) is 26.0 Å². The Morgan fingerprint density at radius 3 is 2.78 bits per heavy atom. The molecule has 1 atom stereocenters. The molecule has 3 heterocycles. The maximum atomic E-state index is 6.01. The van der Waals surface area contributed by atoms with Gasteiger partial charge in [-0.3, -0.25) is 0 Å². The van der Waals surface area contributed by atoms with Crippen molar-refractivity contribution in [3.05, 3.63) is 90.1 Å². The van der Waals surface area contributed by atoms with E-state index < -0.39 is 0 Å². The number of pyridine rings is 1. The van der Waals surface area contributed by atoms with Gasteiger partial charge in [0.05, 0.1) is 11.2 Å². The summed E-state index contributed by atoms with van der Waals surface area (Å²) in [5.41, 5.74) is 6.65. The standard InChI is InChI=1S/C27H24N4O/c1-17-15-18-5-2-10-25(27(18)32-17)31-26-12-11-21-23(8-4-9-24(21)30-26)29-16-19-6-3-7-22-20(19)13-14-28-22/h2-14,17,28-29H,15-16H2,1H3,(H,30,31). The second-order valence-corrected chi connectivity index (χ2v) is 8.33. The van der Waals surface area contributed by atoms with Gasteiger partial charge in [-0.15, -0.1) is 0 Å². The molecular formula is C27H24N4O. The number of rotatable bonds is 5. The van der Waals surface area contributed by atoms with E-state index in [1.807, 2.05) is 30.5 Å². The van der Waals surface area contributed by atoms with E-state index >= 15 is 0 Å². The molecule has 5 nitrogen and oxygen atoms in total. The topological polar surface area (TPSA) is 62.0 Å². The van der Waals surface area contributed by atoms with Crippen LogP contribution in [0.15, 0.2) is 79.0 Å². The highest BCUT2D eigenvalue weighted by molar-refractivity contribution is 5.93. The number of fused-ring (bicyclic) bond motifs is 3. The molecule has 158 valence electrons. The van der Waals surface area contributed by atoms with Crippen LogP contribution in [-0.2, 0) is 13.0 Å². The number of ether oxygens (including phenoxy) is 1. The molecule has 3 N–H and O–H groups in total. The number of H-pyrrole nitrogens is 1. The SMILES string of the molecule is CC1Cc2cccc(Nc3ccc4c(NCc5cccc6[nH]ccc56)cccc4n3)c2O1. The van der Waals surface area contributed by atoms with E-state index in [-0.39, 0.29) is 6.10 Å². The minimum atomic E-state index is 0.211. The summed E-state index contributed by atoms with van der Waals surface area (Å²) < 4.78 is 6.01. The quantitative estimate of drug-likeness (QED) is 0.308. The highest BCUT2D eigenvalue weighted by Crippen LogP contribution is 2.37. The summed E-state index contributed by atoms with van der Waals surface area (Å²) in [6, 6.07) is 25.1. The molecule has 1 aliphatic heterocycles. The Morgan fingerprint density at radius 1 is 0.938 bits per heavy atom. The second kappa shape index (κ2) is 7.61. The highest BCUT2D eigenvalue weighted by Gasteiger charge is 2.22. The van der Waals surface area contributed by atoms with Gasteiger partial charge in [0, 0.05) is 41.1 Å². The molecule has 0 spiro atoms. The predicted octanol–water partition coefficient (Wildman–Crippen LogP) is 6.40. The first kappa shape index (κ1) is 18.8. The predicted molar refractivity (Wildman–Crippen MR) is 131 cm³/mol. The fraction of sp³-hybridized carbons (Fsp3) is 0.148. The minimum Gasteiger partial charge on any atom is -0.488 e. The Morgan fingerprint density at radius 2 is 1.81 bits per heavy atom. The smallest absolute Gasteiger partial charge is 0.146 e. The zero-order valence-corrected chi connectivity index (χ0v) is 17.9. The van der Waals surface area contributed by atoms with Crippen molar-refractivity contribution < 1.29 is 4.74 Å². The van der Waals surface area contributed by atoms with Gasteiger partial charge >= 0.3 is 0 Å². The van der Waals surface area contributed by atoms with Crippen molar-refractivity contribution in [3.63, 3.8) is 0 Å². The highest BCUT2D eigenvalue weighted by atomic mass is 16.5. The van der Waals surface area contributed by atoms with Crippen molar-refractivity contribution in [1.82, 2.24) is 9.97 Å². The summed E-state index contributed by atoms with van der Waals surface area (Å²) in [5.74, 6) is 1.75. The molecule has 0 aliphatic carbocycles. The average Bonchev–Trinajstić information content (AvgIpc) is 3.44. The minimum absolute atomic E-state index is 0.211. The number of anilines is 3. The van der Waals surface area contributed by atoms with Gasteiger partial charge in [0.1, 0.15) is 17.7 Å². The van der Waals surface area contributed by atoms with Crippen molar-refractivity contribution in [2.75, 3.05) is 10.6 Å². The van der Waals surface area contributed by atoms with Crippen LogP contribution >= 0.6 is 0 Å². The van der Waals surface area contributed by atoms with Gasteiger partial charge < -0.3 is 20.4 Å². The van der Waals surface area contributed by atoms with Gasteiger partial charge in [-0.05, 0) is 60.5 Å². The molecule has 0 saturated heterocycles. The molecule has 2 aromatic heterocycles. The molecule has 6 rings (SSSR count). The zero-order chi connectivity index (χ0) is 21.5. The number of nitrogens with one attached hydrogen (secondary N) is 3. The molecule has 5 aromatic rings. The third-order valence-electron chi connectivity index (χ3n) is 6.07. The maximum absolute atomic E-state index is 6.01. The average molecular weight is 421 g/mol. The van der Waals surface area contributed by atoms with Gasteiger partial charge in [-0.1, -0.05) is 30.3 Å². The Kier molecular flexibility index (Phi) is 4.46. The van der Waals surface area contributed by atoms with Crippen LogP contribution in [-0.4, -0.2) is 16.1 Å². The third kappa shape index (κ3) is 3.32. The first-order valence-electron chi connectivity index (χ1n) is 11.0. The van der Waals surface area contributed by atoms with E-state index in [1.54, 1.807) is 0 Å². The van der Waals surface area contributed by atoms with Crippen molar-refractivity contribution in [2.24, 2.45) is 0 Å². The molecule has 1 unspecified atom stereocenters. The number of hydrogen-bond acceptors (Lipinski definition) is 4. The summed E-state index contributed by atoms with van der Waals surface area (Å²) in [5, 5.41) is 9.40. The van der Waals surface area contributed by atoms with Gasteiger partial charge in [-0.25, -0.2) is 4.98 Å². The van der Waals surface area contributed by atoms with Crippen LogP contribution in [0.1, 0.15) is 18.1 Å². The summed E-state index contributed by atoms with van der Waals surface area (Å²) in [7, 11) is 0. The zero-order valence-electron chi connectivity index (χ0n) is 17.9. The summed E-state index contributed by atoms with van der Waals surface area (Å²) in [6.07, 6.45) is 3.14. The Bertz CT molecular complexity index is 1440. The summed E-state index contributed by atoms with van der Waals surface area (Å²) in [6.45, 7) is 2.85. The first-order chi connectivity index (χ1) is 15.7. The second-order valence-electron chi connectivity index (χ2n) is 8.33. The lowest BCUT2D eigenvalue weighted by Crippen LogP contribution is -2.06.